The lowest BCUT2D eigenvalue weighted by Gasteiger charge is -2.05. The quantitative estimate of drug-likeness (QED) is 0.777. The van der Waals surface area contributed by atoms with E-state index in [0.29, 0.717) is 12.2 Å². The van der Waals surface area contributed by atoms with Gasteiger partial charge < -0.3 is 9.84 Å². The van der Waals surface area contributed by atoms with Gasteiger partial charge >= 0.3 is 0 Å². The van der Waals surface area contributed by atoms with Crippen LogP contribution in [0.25, 0.3) is 0 Å². The molecule has 0 saturated heterocycles. The van der Waals surface area contributed by atoms with E-state index < -0.39 is 0 Å². The van der Waals surface area contributed by atoms with E-state index in [1.54, 1.807) is 24.3 Å². The van der Waals surface area contributed by atoms with E-state index in [1.165, 1.54) is 0 Å². The lowest BCUT2D eigenvalue weighted by atomic mass is 10.2. The van der Waals surface area contributed by atoms with Gasteiger partial charge in [-0.15, -0.1) is 0 Å². The monoisotopic (exact) mass is 208 g/mol. The molecule has 0 saturated carbocycles. The summed E-state index contributed by atoms with van der Waals surface area (Å²) in [6.45, 7) is 2.06. The Hall–Kier alpha value is -1.35. The van der Waals surface area contributed by atoms with Crippen LogP contribution in [0.2, 0.25) is 0 Å². The average Bonchev–Trinajstić information content (AvgIpc) is 2.27. The molecule has 0 aromatic heterocycles. The molecule has 1 aromatic rings. The van der Waals surface area contributed by atoms with Crippen LogP contribution in [-0.4, -0.2) is 17.5 Å². The molecule has 0 aliphatic carbocycles. The minimum atomic E-state index is -0.0138. The first kappa shape index (κ1) is 11.7. The van der Waals surface area contributed by atoms with Gasteiger partial charge in [-0.25, -0.2) is 0 Å². The fourth-order valence-corrected chi connectivity index (χ4v) is 1.25. The van der Waals surface area contributed by atoms with Crippen LogP contribution < -0.4 is 4.74 Å². The van der Waals surface area contributed by atoms with Gasteiger partial charge in [-0.2, -0.15) is 0 Å². The second-order valence-corrected chi connectivity index (χ2v) is 3.38. The minimum absolute atomic E-state index is 0.0138. The molecule has 0 unspecified atom stereocenters. The molecule has 15 heavy (non-hydrogen) atoms. The summed E-state index contributed by atoms with van der Waals surface area (Å²) >= 11 is 0. The Kier molecular flexibility index (Phi) is 4.84. The maximum atomic E-state index is 11.2. The van der Waals surface area contributed by atoms with Crippen molar-refractivity contribution < 1.29 is 14.6 Å². The number of Topliss-reactive ketones (excluding diaryl/α,β-unsaturated/α-hetero) is 1. The summed E-state index contributed by atoms with van der Waals surface area (Å²) in [6, 6.07) is 7.11. The summed E-state index contributed by atoms with van der Waals surface area (Å²) in [5, 5.41) is 8.90. The van der Waals surface area contributed by atoms with Gasteiger partial charge in [-0.05, 0) is 24.1 Å². The van der Waals surface area contributed by atoms with Crippen molar-refractivity contribution in [2.24, 2.45) is 0 Å². The smallest absolute Gasteiger partial charge is 0.170 e. The van der Waals surface area contributed by atoms with E-state index in [9.17, 15) is 4.79 Å². The zero-order valence-corrected chi connectivity index (χ0v) is 8.90. The zero-order valence-electron chi connectivity index (χ0n) is 8.90. The minimum Gasteiger partial charge on any atom is -0.486 e. The second-order valence-electron chi connectivity index (χ2n) is 3.38. The molecule has 0 atom stereocenters. The Morgan fingerprint density at radius 3 is 2.93 bits per heavy atom. The van der Waals surface area contributed by atoms with Crippen LogP contribution >= 0.6 is 0 Å². The Labute approximate surface area is 89.7 Å². The van der Waals surface area contributed by atoms with Crippen molar-refractivity contribution in [3.8, 4) is 5.75 Å². The lowest BCUT2D eigenvalue weighted by Crippen LogP contribution is -2.10. The van der Waals surface area contributed by atoms with Gasteiger partial charge in [-0.3, -0.25) is 4.79 Å². The van der Waals surface area contributed by atoms with Crippen molar-refractivity contribution in [2.45, 2.75) is 26.4 Å². The van der Waals surface area contributed by atoms with Crippen molar-refractivity contribution in [1.82, 2.24) is 0 Å². The van der Waals surface area contributed by atoms with Gasteiger partial charge in [0.1, 0.15) is 12.4 Å². The second kappa shape index (κ2) is 6.19. The van der Waals surface area contributed by atoms with Crippen LogP contribution in [-0.2, 0) is 11.4 Å². The van der Waals surface area contributed by atoms with Crippen LogP contribution in [0.3, 0.4) is 0 Å². The molecule has 82 valence electrons. The molecule has 1 N–H and O–H groups in total. The standard InChI is InChI=1S/C12H16O3/c1-2-4-11(14)9-15-12-6-3-5-10(7-12)8-13/h3,5-7,13H,2,4,8-9H2,1H3. The van der Waals surface area contributed by atoms with Crippen molar-refractivity contribution in [3.05, 3.63) is 29.8 Å². The summed E-state index contributed by atoms with van der Waals surface area (Å²) in [6.07, 6.45) is 1.40. The third kappa shape index (κ3) is 4.13. The Morgan fingerprint density at radius 2 is 2.27 bits per heavy atom. The van der Waals surface area contributed by atoms with Gasteiger partial charge in [-0.1, -0.05) is 19.1 Å². The van der Waals surface area contributed by atoms with Crippen molar-refractivity contribution in [3.63, 3.8) is 0 Å². The van der Waals surface area contributed by atoms with Gasteiger partial charge in [0.25, 0.3) is 0 Å². The molecule has 0 amide bonds. The summed E-state index contributed by atoms with van der Waals surface area (Å²) in [5.74, 6) is 0.734. The van der Waals surface area contributed by atoms with E-state index >= 15 is 0 Å². The molecule has 0 bridgehead atoms. The first-order valence-corrected chi connectivity index (χ1v) is 5.10. The number of ketones is 1. The first-order valence-electron chi connectivity index (χ1n) is 5.10. The molecule has 1 aromatic carbocycles. The molecular formula is C12H16O3. The van der Waals surface area contributed by atoms with Crippen molar-refractivity contribution >= 4 is 5.78 Å². The number of ether oxygens (including phenoxy) is 1. The third-order valence-corrected chi connectivity index (χ3v) is 2.01. The Bertz CT molecular complexity index is 320. The lowest BCUT2D eigenvalue weighted by molar-refractivity contribution is -0.121. The number of carbonyl (C=O) groups excluding carboxylic acids is 1. The molecule has 0 heterocycles. The highest BCUT2D eigenvalue weighted by Crippen LogP contribution is 2.13. The maximum Gasteiger partial charge on any atom is 0.170 e. The SMILES string of the molecule is CCCC(=O)COc1cccc(CO)c1. The topological polar surface area (TPSA) is 46.5 Å². The van der Waals surface area contributed by atoms with Gasteiger partial charge in [0.05, 0.1) is 6.61 Å². The Balaban J connectivity index is 2.46. The van der Waals surface area contributed by atoms with E-state index in [4.69, 9.17) is 9.84 Å². The molecule has 0 aliphatic rings. The number of rotatable bonds is 6. The first-order chi connectivity index (χ1) is 7.26. The third-order valence-electron chi connectivity index (χ3n) is 2.01. The highest BCUT2D eigenvalue weighted by Gasteiger charge is 2.01. The molecule has 0 spiro atoms. The van der Waals surface area contributed by atoms with Crippen LogP contribution in [0.15, 0.2) is 24.3 Å². The van der Waals surface area contributed by atoms with Crippen molar-refractivity contribution in [1.29, 1.82) is 0 Å². The normalized spacial score (nSPS) is 10.0. The number of aliphatic hydroxyl groups is 1. The fraction of sp³-hybridized carbons (Fsp3) is 0.417. The molecule has 0 fully saturated rings. The number of hydrogen-bond donors (Lipinski definition) is 1. The number of carbonyl (C=O) groups is 1. The largest absolute Gasteiger partial charge is 0.486 e. The van der Waals surface area contributed by atoms with Crippen LogP contribution in [0.5, 0.6) is 5.75 Å². The van der Waals surface area contributed by atoms with Gasteiger partial charge in [0.15, 0.2) is 5.78 Å². The van der Waals surface area contributed by atoms with E-state index in [2.05, 4.69) is 0 Å². The van der Waals surface area contributed by atoms with E-state index in [1.807, 2.05) is 6.92 Å². The molecule has 3 nitrogen and oxygen atoms in total. The highest BCUT2D eigenvalue weighted by molar-refractivity contribution is 5.79. The highest BCUT2D eigenvalue weighted by atomic mass is 16.5. The maximum absolute atomic E-state index is 11.2. The molecular weight excluding hydrogens is 192 g/mol. The number of benzene rings is 1. The number of aliphatic hydroxyl groups excluding tert-OH is 1. The summed E-state index contributed by atoms with van der Waals surface area (Å²) < 4.78 is 5.30. The fourth-order valence-electron chi connectivity index (χ4n) is 1.25. The van der Waals surface area contributed by atoms with E-state index in [-0.39, 0.29) is 19.0 Å². The Morgan fingerprint density at radius 1 is 1.47 bits per heavy atom. The zero-order chi connectivity index (χ0) is 11.1. The van der Waals surface area contributed by atoms with Crippen LogP contribution in [0, 0.1) is 0 Å². The summed E-state index contributed by atoms with van der Waals surface area (Å²) in [5.41, 5.74) is 0.787. The van der Waals surface area contributed by atoms with Crippen LogP contribution in [0.4, 0.5) is 0 Å². The predicted octanol–water partition coefficient (Wildman–Crippen LogP) is 1.93. The molecule has 0 aliphatic heterocycles. The average molecular weight is 208 g/mol. The molecule has 3 heteroatoms. The number of hydrogen-bond acceptors (Lipinski definition) is 3. The van der Waals surface area contributed by atoms with E-state index in [0.717, 1.165) is 12.0 Å². The van der Waals surface area contributed by atoms with Crippen molar-refractivity contribution in [2.75, 3.05) is 6.61 Å². The molecule has 0 radical (unpaired) electrons. The van der Waals surface area contributed by atoms with Crippen LogP contribution in [0.1, 0.15) is 25.3 Å². The molecule has 1 rings (SSSR count). The summed E-state index contributed by atoms with van der Waals surface area (Å²) in [7, 11) is 0. The van der Waals surface area contributed by atoms with Gasteiger partial charge in [0, 0.05) is 6.42 Å². The summed E-state index contributed by atoms with van der Waals surface area (Å²) in [4.78, 5) is 11.2. The van der Waals surface area contributed by atoms with Gasteiger partial charge in [0.2, 0.25) is 0 Å². The predicted molar refractivity (Wildman–Crippen MR) is 57.8 cm³/mol.